The van der Waals surface area contributed by atoms with Gasteiger partial charge in [-0.1, -0.05) is 109 Å². The van der Waals surface area contributed by atoms with Gasteiger partial charge in [-0.15, -0.1) is 0 Å². The first-order chi connectivity index (χ1) is 17.8. The van der Waals surface area contributed by atoms with Crippen LogP contribution in [0.15, 0.2) is 115 Å². The van der Waals surface area contributed by atoms with E-state index in [1.54, 1.807) is 0 Å². The summed E-state index contributed by atoms with van der Waals surface area (Å²) in [4.78, 5) is 0. The first kappa shape index (κ1) is 21.2. The van der Waals surface area contributed by atoms with E-state index in [-0.39, 0.29) is 0 Å². The first-order valence-electron chi connectivity index (χ1n) is 12.5. The molecular weight excluding hydrogens is 458 g/mol. The standard InChI is InChI=1S/C34H24ClN/c35-31-22-33-34(29-11-5-4-10-28(29)31)30-12-6-7-13-32(30)36(33)27-20-18-26(19-21-27)25-16-14-24(15-17-25)23-8-2-1-3-9-23/h1-4,6-10,12-22H,5,11H2. The summed E-state index contributed by atoms with van der Waals surface area (Å²) in [6.07, 6.45) is 6.49. The van der Waals surface area contributed by atoms with Crippen molar-refractivity contribution in [1.82, 2.24) is 4.57 Å². The number of para-hydroxylation sites is 1. The summed E-state index contributed by atoms with van der Waals surface area (Å²) >= 11 is 6.81. The zero-order valence-corrected chi connectivity index (χ0v) is 20.5. The van der Waals surface area contributed by atoms with E-state index in [0.717, 1.165) is 23.6 Å². The lowest BCUT2D eigenvalue weighted by Crippen LogP contribution is -1.98. The van der Waals surface area contributed by atoms with Crippen LogP contribution in [0.25, 0.3) is 55.8 Å². The molecule has 1 heterocycles. The summed E-state index contributed by atoms with van der Waals surface area (Å²) < 4.78 is 2.36. The molecule has 0 saturated carbocycles. The van der Waals surface area contributed by atoms with Gasteiger partial charge in [-0.3, -0.25) is 0 Å². The molecule has 7 rings (SSSR count). The largest absolute Gasteiger partial charge is 0.309 e. The van der Waals surface area contributed by atoms with Crippen LogP contribution >= 0.6 is 11.6 Å². The lowest BCUT2D eigenvalue weighted by Gasteiger charge is -2.15. The Morgan fingerprint density at radius 1 is 0.611 bits per heavy atom. The molecule has 1 aliphatic carbocycles. The molecule has 0 unspecified atom stereocenters. The molecule has 1 aromatic heterocycles. The van der Waals surface area contributed by atoms with E-state index in [1.165, 1.54) is 55.2 Å². The number of halogens is 1. The van der Waals surface area contributed by atoms with Gasteiger partial charge >= 0.3 is 0 Å². The van der Waals surface area contributed by atoms with Gasteiger partial charge in [0.2, 0.25) is 0 Å². The van der Waals surface area contributed by atoms with Crippen LogP contribution in [-0.4, -0.2) is 4.57 Å². The van der Waals surface area contributed by atoms with Crippen molar-refractivity contribution in [3.05, 3.63) is 131 Å². The number of hydrogen-bond acceptors (Lipinski definition) is 0. The molecule has 1 aliphatic rings. The summed E-state index contributed by atoms with van der Waals surface area (Å²) in [6.45, 7) is 0. The van der Waals surface area contributed by atoms with Gasteiger partial charge in [-0.25, -0.2) is 0 Å². The quantitative estimate of drug-likeness (QED) is 0.237. The van der Waals surface area contributed by atoms with Crippen molar-refractivity contribution in [1.29, 1.82) is 0 Å². The fourth-order valence-electron chi connectivity index (χ4n) is 5.63. The molecule has 1 nitrogen and oxygen atoms in total. The van der Waals surface area contributed by atoms with E-state index in [9.17, 15) is 0 Å². The highest BCUT2D eigenvalue weighted by Crippen LogP contribution is 2.41. The molecule has 0 saturated heterocycles. The lowest BCUT2D eigenvalue weighted by atomic mass is 9.93. The van der Waals surface area contributed by atoms with Crippen LogP contribution in [-0.2, 0) is 6.42 Å². The molecule has 0 aliphatic heterocycles. The minimum absolute atomic E-state index is 0.827. The van der Waals surface area contributed by atoms with E-state index in [4.69, 9.17) is 11.6 Å². The highest BCUT2D eigenvalue weighted by Gasteiger charge is 2.20. The van der Waals surface area contributed by atoms with Crippen molar-refractivity contribution in [2.24, 2.45) is 0 Å². The van der Waals surface area contributed by atoms with Crippen LogP contribution in [0.4, 0.5) is 0 Å². The predicted octanol–water partition coefficient (Wildman–Crippen LogP) is 9.73. The second-order valence-electron chi connectivity index (χ2n) is 9.43. The molecule has 0 radical (unpaired) electrons. The predicted molar refractivity (Wildman–Crippen MR) is 154 cm³/mol. The molecule has 36 heavy (non-hydrogen) atoms. The number of aromatic nitrogens is 1. The Labute approximate surface area is 215 Å². The van der Waals surface area contributed by atoms with E-state index in [1.807, 2.05) is 0 Å². The van der Waals surface area contributed by atoms with Gasteiger partial charge in [-0.05, 0) is 70.5 Å². The number of allylic oxidation sites excluding steroid dienone is 1. The molecule has 6 aromatic rings. The minimum Gasteiger partial charge on any atom is -0.309 e. The summed E-state index contributed by atoms with van der Waals surface area (Å²) in [6, 6.07) is 39.0. The SMILES string of the molecule is Clc1cc2c(c3c1C=CCC3)c1ccccc1n2-c1ccc(-c2ccc(-c3ccccc3)cc2)cc1. The maximum Gasteiger partial charge on any atom is 0.0559 e. The number of rotatable bonds is 3. The van der Waals surface area contributed by atoms with Crippen LogP contribution in [0.1, 0.15) is 17.5 Å². The van der Waals surface area contributed by atoms with Crippen molar-refractivity contribution >= 4 is 39.5 Å². The zero-order valence-electron chi connectivity index (χ0n) is 19.8. The van der Waals surface area contributed by atoms with Crippen molar-refractivity contribution in [2.75, 3.05) is 0 Å². The third kappa shape index (κ3) is 3.39. The molecule has 172 valence electrons. The van der Waals surface area contributed by atoms with Gasteiger partial charge < -0.3 is 4.57 Å². The summed E-state index contributed by atoms with van der Waals surface area (Å²) in [5.41, 5.74) is 11.0. The van der Waals surface area contributed by atoms with Crippen molar-refractivity contribution < 1.29 is 0 Å². The third-order valence-electron chi connectivity index (χ3n) is 7.36. The topological polar surface area (TPSA) is 4.93 Å². The Morgan fingerprint density at radius 3 is 1.94 bits per heavy atom. The smallest absolute Gasteiger partial charge is 0.0559 e. The third-order valence-corrected chi connectivity index (χ3v) is 7.67. The fraction of sp³-hybridized carbons (Fsp3) is 0.0588. The molecule has 5 aromatic carbocycles. The van der Waals surface area contributed by atoms with Crippen molar-refractivity contribution in [3.63, 3.8) is 0 Å². The average Bonchev–Trinajstić information content (AvgIpc) is 3.28. The van der Waals surface area contributed by atoms with Gasteiger partial charge in [0.1, 0.15) is 0 Å². The van der Waals surface area contributed by atoms with Gasteiger partial charge in [0.05, 0.1) is 16.1 Å². The van der Waals surface area contributed by atoms with E-state index < -0.39 is 0 Å². The number of nitrogens with zero attached hydrogens (tertiary/aromatic N) is 1. The minimum atomic E-state index is 0.827. The molecule has 0 spiro atoms. The van der Waals surface area contributed by atoms with Crippen molar-refractivity contribution in [3.8, 4) is 27.9 Å². The number of fused-ring (bicyclic) bond motifs is 5. The van der Waals surface area contributed by atoms with Gasteiger partial charge in [-0.2, -0.15) is 0 Å². The molecule has 0 atom stereocenters. The highest BCUT2D eigenvalue weighted by molar-refractivity contribution is 6.33. The Hall–Kier alpha value is -4.07. The zero-order chi connectivity index (χ0) is 24.1. The van der Waals surface area contributed by atoms with Crippen LogP contribution in [0.3, 0.4) is 0 Å². The molecule has 0 bridgehead atoms. The first-order valence-corrected chi connectivity index (χ1v) is 12.8. The average molecular weight is 482 g/mol. The monoisotopic (exact) mass is 481 g/mol. The molecular formula is C34H24ClN. The summed E-state index contributed by atoms with van der Waals surface area (Å²) in [5.74, 6) is 0. The molecule has 0 amide bonds. The maximum absolute atomic E-state index is 6.81. The molecule has 0 fully saturated rings. The van der Waals surface area contributed by atoms with Crippen LogP contribution in [0.2, 0.25) is 5.02 Å². The highest BCUT2D eigenvalue weighted by atomic mass is 35.5. The van der Waals surface area contributed by atoms with E-state index in [2.05, 4.69) is 126 Å². The lowest BCUT2D eigenvalue weighted by molar-refractivity contribution is 0.997. The fourth-order valence-corrected chi connectivity index (χ4v) is 5.91. The Morgan fingerprint density at radius 2 is 1.22 bits per heavy atom. The summed E-state index contributed by atoms with van der Waals surface area (Å²) in [7, 11) is 0. The van der Waals surface area contributed by atoms with Gasteiger partial charge in [0, 0.05) is 16.5 Å². The Bertz CT molecular complexity index is 1760. The second-order valence-corrected chi connectivity index (χ2v) is 9.84. The van der Waals surface area contributed by atoms with Crippen LogP contribution < -0.4 is 0 Å². The maximum atomic E-state index is 6.81. The Balaban J connectivity index is 1.33. The second kappa shape index (κ2) is 8.55. The number of aryl methyl sites for hydroxylation is 1. The van der Waals surface area contributed by atoms with Crippen LogP contribution in [0.5, 0.6) is 0 Å². The normalized spacial score (nSPS) is 12.8. The molecule has 2 heteroatoms. The van der Waals surface area contributed by atoms with E-state index >= 15 is 0 Å². The number of benzene rings is 5. The number of hydrogen-bond donors (Lipinski definition) is 0. The summed E-state index contributed by atoms with van der Waals surface area (Å²) in [5, 5.41) is 3.44. The van der Waals surface area contributed by atoms with Crippen molar-refractivity contribution in [2.45, 2.75) is 12.8 Å². The Kier molecular flexibility index (Phi) is 5.04. The van der Waals surface area contributed by atoms with Gasteiger partial charge in [0.15, 0.2) is 0 Å². The van der Waals surface area contributed by atoms with Crippen LogP contribution in [0, 0.1) is 0 Å². The van der Waals surface area contributed by atoms with Gasteiger partial charge in [0.25, 0.3) is 0 Å². The van der Waals surface area contributed by atoms with E-state index in [0.29, 0.717) is 0 Å². The molecule has 0 N–H and O–H groups in total.